The van der Waals surface area contributed by atoms with Crippen molar-refractivity contribution in [1.29, 1.82) is 0 Å². The maximum atomic E-state index is 12.7. The molecule has 1 aromatic heterocycles. The lowest BCUT2D eigenvalue weighted by molar-refractivity contribution is -0.166. The van der Waals surface area contributed by atoms with E-state index in [-0.39, 0.29) is 12.6 Å². The van der Waals surface area contributed by atoms with E-state index in [1.54, 1.807) is 18.8 Å². The Morgan fingerprint density at radius 1 is 1.45 bits per heavy atom. The van der Waals surface area contributed by atoms with Gasteiger partial charge in [0, 0.05) is 25.2 Å². The molecule has 0 aliphatic rings. The maximum absolute atomic E-state index is 12.7. The van der Waals surface area contributed by atoms with Crippen LogP contribution in [0, 0.1) is 6.92 Å². The number of hydrogen-bond acceptors (Lipinski definition) is 3. The van der Waals surface area contributed by atoms with E-state index in [4.69, 9.17) is 4.74 Å². The molecule has 1 aromatic rings. The molecule has 20 heavy (non-hydrogen) atoms. The minimum atomic E-state index is -4.11. The Hall–Kier alpha value is -1.15. The lowest BCUT2D eigenvalue weighted by Crippen LogP contribution is -2.37. The van der Waals surface area contributed by atoms with Crippen LogP contribution in [0.3, 0.4) is 0 Å². The number of nitrogens with zero attached hydrogens (tertiary/aromatic N) is 2. The highest BCUT2D eigenvalue weighted by Gasteiger charge is 2.41. The quantitative estimate of drug-likeness (QED) is 0.743. The molecule has 1 heterocycles. The molecule has 0 aromatic carbocycles. The lowest BCUT2D eigenvalue weighted by Gasteiger charge is -2.19. The van der Waals surface area contributed by atoms with Crippen LogP contribution < -0.4 is 5.32 Å². The van der Waals surface area contributed by atoms with Gasteiger partial charge in [0.05, 0.1) is 12.3 Å². The minimum Gasteiger partial charge on any atom is -0.373 e. The van der Waals surface area contributed by atoms with Crippen LogP contribution in [-0.4, -0.2) is 48.4 Å². The highest BCUT2D eigenvalue weighted by molar-refractivity contribution is 5.10. The van der Waals surface area contributed by atoms with Crippen molar-refractivity contribution >= 4 is 0 Å². The monoisotopic (exact) mass is 297 g/mol. The number of nitrogens with one attached hydrogen (secondary N) is 1. The van der Waals surface area contributed by atoms with Gasteiger partial charge in [0.1, 0.15) is 6.61 Å². The average Bonchev–Trinajstić information content (AvgIpc) is 2.66. The second-order valence-electron chi connectivity index (χ2n) is 4.67. The third-order valence-electron chi connectivity index (χ3n) is 2.90. The third kappa shape index (κ3) is 4.75. The Bertz CT molecular complexity index is 423. The van der Waals surface area contributed by atoms with Gasteiger partial charge >= 0.3 is 12.3 Å². The molecule has 0 aliphatic heterocycles. The number of aromatic nitrogens is 2. The van der Waals surface area contributed by atoms with Crippen molar-refractivity contribution in [2.24, 2.45) is 7.05 Å². The van der Waals surface area contributed by atoms with E-state index in [1.165, 1.54) is 0 Å². The third-order valence-corrected chi connectivity index (χ3v) is 2.90. The first kappa shape index (κ1) is 16.9. The highest BCUT2D eigenvalue weighted by Crippen LogP contribution is 2.22. The van der Waals surface area contributed by atoms with Crippen LogP contribution in [0.2, 0.25) is 0 Å². The van der Waals surface area contributed by atoms with E-state index >= 15 is 0 Å². The van der Waals surface area contributed by atoms with Gasteiger partial charge in [-0.15, -0.1) is 0 Å². The molecular formula is C12H19F4N3O. The summed E-state index contributed by atoms with van der Waals surface area (Å²) in [6.07, 6.45) is -3.20. The maximum Gasteiger partial charge on any atom is 0.330 e. The first-order valence-electron chi connectivity index (χ1n) is 6.16. The fraction of sp³-hybridized carbons (Fsp3) is 0.750. The van der Waals surface area contributed by atoms with Gasteiger partial charge in [0.15, 0.2) is 0 Å². The SMILES string of the molecule is CNC(COCC(F)(F)C(F)F)Cc1cc(C)nn1C. The van der Waals surface area contributed by atoms with Crippen LogP contribution in [0.5, 0.6) is 0 Å². The van der Waals surface area contributed by atoms with Crippen LogP contribution in [-0.2, 0) is 18.2 Å². The predicted octanol–water partition coefficient (Wildman–Crippen LogP) is 1.78. The molecule has 1 rings (SSSR count). The molecule has 0 fully saturated rings. The fourth-order valence-electron chi connectivity index (χ4n) is 1.75. The normalized spacial score (nSPS) is 14.0. The zero-order chi connectivity index (χ0) is 15.3. The number of rotatable bonds is 8. The second kappa shape index (κ2) is 7.03. The van der Waals surface area contributed by atoms with E-state index in [9.17, 15) is 17.6 Å². The summed E-state index contributed by atoms with van der Waals surface area (Å²) in [4.78, 5) is 0. The largest absolute Gasteiger partial charge is 0.373 e. The predicted molar refractivity (Wildman–Crippen MR) is 66.3 cm³/mol. The smallest absolute Gasteiger partial charge is 0.330 e. The Labute approximate surface area is 115 Å². The number of likely N-dealkylation sites (N-methyl/N-ethyl adjacent to an activating group) is 1. The van der Waals surface area contributed by atoms with Crippen LogP contribution in [0.4, 0.5) is 17.6 Å². The van der Waals surface area contributed by atoms with Gasteiger partial charge in [0.2, 0.25) is 0 Å². The summed E-state index contributed by atoms with van der Waals surface area (Å²) >= 11 is 0. The number of ether oxygens (including phenoxy) is 1. The highest BCUT2D eigenvalue weighted by atomic mass is 19.3. The summed E-state index contributed by atoms with van der Waals surface area (Å²) in [6, 6.07) is 1.62. The topological polar surface area (TPSA) is 39.1 Å². The summed E-state index contributed by atoms with van der Waals surface area (Å²) < 4.78 is 55.7. The molecule has 0 bridgehead atoms. The van der Waals surface area contributed by atoms with Gasteiger partial charge in [-0.3, -0.25) is 4.68 Å². The first-order chi connectivity index (χ1) is 9.26. The van der Waals surface area contributed by atoms with Crippen LogP contribution in [0.15, 0.2) is 6.07 Å². The van der Waals surface area contributed by atoms with Crippen LogP contribution >= 0.6 is 0 Å². The standard InChI is InChI=1S/C12H19F4N3O/c1-8-4-10(19(3)18-8)5-9(17-2)6-20-7-12(15,16)11(13)14/h4,9,11,17H,5-7H2,1-3H3. The van der Waals surface area contributed by atoms with Gasteiger partial charge in [-0.1, -0.05) is 0 Å². The van der Waals surface area contributed by atoms with E-state index in [0.717, 1.165) is 11.4 Å². The van der Waals surface area contributed by atoms with Crippen LogP contribution in [0.1, 0.15) is 11.4 Å². The van der Waals surface area contributed by atoms with Gasteiger partial charge in [-0.05, 0) is 20.0 Å². The fourth-order valence-corrected chi connectivity index (χ4v) is 1.75. The number of hydrogen-bond donors (Lipinski definition) is 1. The number of aryl methyl sites for hydroxylation is 2. The van der Waals surface area contributed by atoms with Gasteiger partial charge in [-0.25, -0.2) is 8.78 Å². The molecule has 8 heteroatoms. The van der Waals surface area contributed by atoms with E-state index in [0.29, 0.717) is 6.42 Å². The Balaban J connectivity index is 2.46. The minimum absolute atomic E-state index is 0.0803. The molecule has 0 amide bonds. The van der Waals surface area contributed by atoms with E-state index in [2.05, 4.69) is 10.4 Å². The van der Waals surface area contributed by atoms with Gasteiger partial charge < -0.3 is 10.1 Å². The molecule has 0 saturated heterocycles. The molecule has 1 atom stereocenters. The van der Waals surface area contributed by atoms with E-state index < -0.39 is 19.0 Å². The summed E-state index contributed by atoms with van der Waals surface area (Å²) in [5.41, 5.74) is 1.76. The molecule has 0 radical (unpaired) electrons. The number of alkyl halides is 4. The van der Waals surface area contributed by atoms with Crippen molar-refractivity contribution in [3.05, 3.63) is 17.5 Å². The summed E-state index contributed by atoms with van der Waals surface area (Å²) in [6.45, 7) is 0.480. The summed E-state index contributed by atoms with van der Waals surface area (Å²) in [5, 5.41) is 7.07. The summed E-state index contributed by atoms with van der Waals surface area (Å²) in [5.74, 6) is -4.11. The number of halogens is 4. The average molecular weight is 297 g/mol. The van der Waals surface area contributed by atoms with E-state index in [1.807, 2.05) is 13.0 Å². The Morgan fingerprint density at radius 3 is 2.55 bits per heavy atom. The van der Waals surface area contributed by atoms with Gasteiger partial charge in [0.25, 0.3) is 0 Å². The van der Waals surface area contributed by atoms with Crippen LogP contribution in [0.25, 0.3) is 0 Å². The summed E-state index contributed by atoms with van der Waals surface area (Å²) in [7, 11) is 3.43. The van der Waals surface area contributed by atoms with Crippen molar-refractivity contribution in [2.45, 2.75) is 31.7 Å². The van der Waals surface area contributed by atoms with Crippen molar-refractivity contribution in [3.63, 3.8) is 0 Å². The molecular weight excluding hydrogens is 278 g/mol. The first-order valence-corrected chi connectivity index (χ1v) is 6.16. The van der Waals surface area contributed by atoms with Gasteiger partial charge in [-0.2, -0.15) is 13.9 Å². The lowest BCUT2D eigenvalue weighted by atomic mass is 10.1. The second-order valence-corrected chi connectivity index (χ2v) is 4.67. The molecule has 0 aliphatic carbocycles. The van der Waals surface area contributed by atoms with Crippen molar-refractivity contribution < 1.29 is 22.3 Å². The van der Waals surface area contributed by atoms with Crippen molar-refractivity contribution in [1.82, 2.24) is 15.1 Å². The Kier molecular flexibility index (Phi) is 5.94. The molecule has 0 spiro atoms. The molecule has 4 nitrogen and oxygen atoms in total. The molecule has 1 N–H and O–H groups in total. The molecule has 1 unspecified atom stereocenters. The molecule has 116 valence electrons. The zero-order valence-electron chi connectivity index (χ0n) is 11.7. The molecule has 0 saturated carbocycles. The zero-order valence-corrected chi connectivity index (χ0v) is 11.7. The van der Waals surface area contributed by atoms with Crippen molar-refractivity contribution in [3.8, 4) is 0 Å². The van der Waals surface area contributed by atoms with Crippen molar-refractivity contribution in [2.75, 3.05) is 20.3 Å². The Morgan fingerprint density at radius 2 is 2.10 bits per heavy atom.